The molecule has 1 aromatic heterocycles. The molecule has 1 aliphatic rings. The Bertz CT molecular complexity index is 288. The van der Waals surface area contributed by atoms with Gasteiger partial charge in [-0.05, 0) is 19.9 Å². The van der Waals surface area contributed by atoms with E-state index in [9.17, 15) is 0 Å². The fourth-order valence-electron chi connectivity index (χ4n) is 1.49. The molecule has 2 rings (SSSR count). The second kappa shape index (κ2) is 3.46. The molecule has 1 aromatic rings. The molecule has 1 saturated carbocycles. The van der Waals surface area contributed by atoms with Crippen LogP contribution in [0.5, 0.6) is 0 Å². The Morgan fingerprint density at radius 2 is 2.31 bits per heavy atom. The average molecular weight is 180 g/mol. The van der Waals surface area contributed by atoms with E-state index < -0.39 is 0 Å². The highest BCUT2D eigenvalue weighted by molar-refractivity contribution is 5.06. The van der Waals surface area contributed by atoms with Crippen LogP contribution in [-0.4, -0.2) is 28.4 Å². The number of hydrogen-bond acceptors (Lipinski definition) is 3. The van der Waals surface area contributed by atoms with Crippen molar-refractivity contribution in [3.8, 4) is 0 Å². The molecule has 0 bridgehead atoms. The van der Waals surface area contributed by atoms with Gasteiger partial charge in [0.15, 0.2) is 5.82 Å². The number of aromatic nitrogens is 3. The fourth-order valence-corrected chi connectivity index (χ4v) is 1.49. The molecule has 0 unspecified atom stereocenters. The Morgan fingerprint density at radius 1 is 1.54 bits per heavy atom. The maximum absolute atomic E-state index is 4.52. The van der Waals surface area contributed by atoms with Crippen molar-refractivity contribution < 1.29 is 0 Å². The van der Waals surface area contributed by atoms with Crippen LogP contribution in [0.15, 0.2) is 0 Å². The highest BCUT2D eigenvalue weighted by Crippen LogP contribution is 2.38. The highest BCUT2D eigenvalue weighted by atomic mass is 15.3. The second-order valence-corrected chi connectivity index (χ2v) is 3.64. The third kappa shape index (κ3) is 1.88. The van der Waals surface area contributed by atoms with Gasteiger partial charge < -0.3 is 5.32 Å². The molecule has 0 aliphatic heterocycles. The van der Waals surface area contributed by atoms with Crippen LogP contribution >= 0.6 is 0 Å². The number of aryl methyl sites for hydroxylation is 1. The van der Waals surface area contributed by atoms with Gasteiger partial charge in [-0.25, -0.2) is 4.98 Å². The zero-order valence-corrected chi connectivity index (χ0v) is 8.25. The van der Waals surface area contributed by atoms with E-state index in [1.807, 2.05) is 18.8 Å². The third-order valence-electron chi connectivity index (χ3n) is 2.38. The molecule has 1 N–H and O–H groups in total. The van der Waals surface area contributed by atoms with E-state index >= 15 is 0 Å². The van der Waals surface area contributed by atoms with Crippen molar-refractivity contribution in [1.29, 1.82) is 0 Å². The van der Waals surface area contributed by atoms with Gasteiger partial charge in [-0.2, -0.15) is 5.10 Å². The first-order valence-corrected chi connectivity index (χ1v) is 4.85. The van der Waals surface area contributed by atoms with Gasteiger partial charge in [0.1, 0.15) is 5.82 Å². The minimum atomic E-state index is 0.695. The Morgan fingerprint density at radius 3 is 2.92 bits per heavy atom. The summed E-state index contributed by atoms with van der Waals surface area (Å²) in [5.41, 5.74) is 0. The summed E-state index contributed by atoms with van der Waals surface area (Å²) in [5.74, 6) is 2.84. The highest BCUT2D eigenvalue weighted by Gasteiger charge is 2.28. The normalized spacial score (nSPS) is 16.5. The Labute approximate surface area is 78.4 Å². The zero-order chi connectivity index (χ0) is 9.26. The van der Waals surface area contributed by atoms with Gasteiger partial charge in [0, 0.05) is 25.9 Å². The Kier molecular flexibility index (Phi) is 2.31. The molecule has 1 heterocycles. The molecule has 72 valence electrons. The molecule has 0 radical (unpaired) electrons. The summed E-state index contributed by atoms with van der Waals surface area (Å²) in [7, 11) is 3.94. The van der Waals surface area contributed by atoms with Gasteiger partial charge >= 0.3 is 0 Å². The molecule has 0 atom stereocenters. The third-order valence-corrected chi connectivity index (χ3v) is 2.38. The molecule has 1 fully saturated rings. The smallest absolute Gasteiger partial charge is 0.152 e. The summed E-state index contributed by atoms with van der Waals surface area (Å²) in [6, 6.07) is 0. The first-order chi connectivity index (χ1) is 6.31. The maximum atomic E-state index is 4.52. The number of nitrogens with one attached hydrogen (secondary N) is 1. The van der Waals surface area contributed by atoms with E-state index in [-0.39, 0.29) is 0 Å². The molecule has 0 saturated heterocycles. The molecule has 0 spiro atoms. The minimum Gasteiger partial charge on any atom is -0.319 e. The molecule has 4 nitrogen and oxygen atoms in total. The van der Waals surface area contributed by atoms with Crippen LogP contribution in [0.2, 0.25) is 0 Å². The van der Waals surface area contributed by atoms with Crippen LogP contribution in [0.25, 0.3) is 0 Å². The van der Waals surface area contributed by atoms with Gasteiger partial charge in [-0.1, -0.05) is 0 Å². The van der Waals surface area contributed by atoms with Crippen molar-refractivity contribution in [2.24, 2.45) is 7.05 Å². The minimum absolute atomic E-state index is 0.695. The second-order valence-electron chi connectivity index (χ2n) is 3.64. The van der Waals surface area contributed by atoms with Crippen LogP contribution in [0.3, 0.4) is 0 Å². The standard InChI is InChI=1S/C9H16N4/c1-10-6-5-8-11-9(7-3-4-7)13(2)12-8/h7,10H,3-6H2,1-2H3. The van der Waals surface area contributed by atoms with Crippen molar-refractivity contribution in [3.05, 3.63) is 11.6 Å². The predicted octanol–water partition coefficient (Wildman–Crippen LogP) is 0.454. The lowest BCUT2D eigenvalue weighted by molar-refractivity contribution is 0.687. The van der Waals surface area contributed by atoms with Gasteiger partial charge in [0.2, 0.25) is 0 Å². The van der Waals surface area contributed by atoms with Gasteiger partial charge in [0.05, 0.1) is 0 Å². The summed E-state index contributed by atoms with van der Waals surface area (Å²) >= 11 is 0. The Hall–Kier alpha value is -0.900. The number of rotatable bonds is 4. The maximum Gasteiger partial charge on any atom is 0.152 e. The molecule has 0 amide bonds. The van der Waals surface area contributed by atoms with Crippen molar-refractivity contribution in [2.75, 3.05) is 13.6 Å². The number of likely N-dealkylation sites (N-methyl/N-ethyl adjacent to an activating group) is 1. The molecule has 1 aliphatic carbocycles. The first kappa shape index (κ1) is 8.69. The van der Waals surface area contributed by atoms with Crippen LogP contribution in [0.4, 0.5) is 0 Å². The van der Waals surface area contributed by atoms with Crippen molar-refractivity contribution >= 4 is 0 Å². The van der Waals surface area contributed by atoms with Gasteiger partial charge in [0.25, 0.3) is 0 Å². The summed E-state index contributed by atoms with van der Waals surface area (Å²) in [5, 5.41) is 7.48. The lowest BCUT2D eigenvalue weighted by Crippen LogP contribution is -2.11. The van der Waals surface area contributed by atoms with E-state index in [0.717, 1.165) is 18.8 Å². The monoisotopic (exact) mass is 180 g/mol. The van der Waals surface area contributed by atoms with Crippen molar-refractivity contribution in [1.82, 2.24) is 20.1 Å². The molecule has 0 aromatic carbocycles. The van der Waals surface area contributed by atoms with Crippen molar-refractivity contribution in [3.63, 3.8) is 0 Å². The van der Waals surface area contributed by atoms with Crippen LogP contribution in [-0.2, 0) is 13.5 Å². The summed E-state index contributed by atoms with van der Waals surface area (Å²) in [6.07, 6.45) is 3.51. The summed E-state index contributed by atoms with van der Waals surface area (Å²) in [6.45, 7) is 0.952. The molecule has 4 heteroatoms. The lowest BCUT2D eigenvalue weighted by atomic mass is 10.4. The van der Waals surface area contributed by atoms with E-state index in [1.54, 1.807) is 0 Å². The molecule has 13 heavy (non-hydrogen) atoms. The molecular formula is C9H16N4. The van der Waals surface area contributed by atoms with Crippen LogP contribution in [0.1, 0.15) is 30.4 Å². The first-order valence-electron chi connectivity index (χ1n) is 4.85. The van der Waals surface area contributed by atoms with Gasteiger partial charge in [-0.3, -0.25) is 4.68 Å². The number of hydrogen-bond donors (Lipinski definition) is 1. The molecular weight excluding hydrogens is 164 g/mol. The van der Waals surface area contributed by atoms with Crippen LogP contribution in [0, 0.1) is 0 Å². The van der Waals surface area contributed by atoms with E-state index in [0.29, 0.717) is 5.92 Å². The fraction of sp³-hybridized carbons (Fsp3) is 0.778. The SMILES string of the molecule is CNCCc1nc(C2CC2)n(C)n1. The van der Waals surface area contributed by atoms with E-state index in [1.165, 1.54) is 18.7 Å². The lowest BCUT2D eigenvalue weighted by Gasteiger charge is -1.92. The largest absolute Gasteiger partial charge is 0.319 e. The van der Waals surface area contributed by atoms with Crippen molar-refractivity contribution in [2.45, 2.75) is 25.2 Å². The average Bonchev–Trinajstić information content (AvgIpc) is 2.88. The predicted molar refractivity (Wildman–Crippen MR) is 50.6 cm³/mol. The van der Waals surface area contributed by atoms with E-state index in [2.05, 4.69) is 15.4 Å². The quantitative estimate of drug-likeness (QED) is 0.731. The van der Waals surface area contributed by atoms with Crippen LogP contribution < -0.4 is 5.32 Å². The summed E-state index contributed by atoms with van der Waals surface area (Å²) in [4.78, 5) is 4.52. The topological polar surface area (TPSA) is 42.7 Å². The van der Waals surface area contributed by atoms with E-state index in [4.69, 9.17) is 0 Å². The Balaban J connectivity index is 2.05. The van der Waals surface area contributed by atoms with Gasteiger partial charge in [-0.15, -0.1) is 0 Å². The zero-order valence-electron chi connectivity index (χ0n) is 8.25. The number of nitrogens with zero attached hydrogens (tertiary/aromatic N) is 3. The summed E-state index contributed by atoms with van der Waals surface area (Å²) < 4.78 is 1.93.